The van der Waals surface area contributed by atoms with Gasteiger partial charge in [-0.05, 0) is 12.8 Å². The maximum absolute atomic E-state index is 5.72. The number of rotatable bonds is 4. The number of hydrogen-bond acceptors (Lipinski definition) is 3. The molecule has 0 aliphatic heterocycles. The standard InChI is InChI=1S/C9H20N2O/c1-7(2)11-9(6-10)4-8(5-9)12-3/h7-8,11H,4-6,10H2,1-3H3. The van der Waals surface area contributed by atoms with Crippen molar-refractivity contribution in [1.82, 2.24) is 5.32 Å². The van der Waals surface area contributed by atoms with Gasteiger partial charge >= 0.3 is 0 Å². The SMILES string of the molecule is COC1CC(CN)(NC(C)C)C1. The molecule has 1 aliphatic carbocycles. The van der Waals surface area contributed by atoms with E-state index < -0.39 is 0 Å². The van der Waals surface area contributed by atoms with Crippen LogP contribution in [0, 0.1) is 0 Å². The lowest BCUT2D eigenvalue weighted by Gasteiger charge is -2.48. The van der Waals surface area contributed by atoms with Crippen LogP contribution >= 0.6 is 0 Å². The van der Waals surface area contributed by atoms with Crippen LogP contribution in [-0.4, -0.2) is 31.3 Å². The zero-order valence-corrected chi connectivity index (χ0v) is 8.26. The highest BCUT2D eigenvalue weighted by molar-refractivity contribution is 5.03. The molecular weight excluding hydrogens is 152 g/mol. The normalized spacial score (nSPS) is 35.2. The Morgan fingerprint density at radius 3 is 2.50 bits per heavy atom. The largest absolute Gasteiger partial charge is 0.381 e. The Kier molecular flexibility index (Phi) is 3.09. The molecular formula is C9H20N2O. The minimum Gasteiger partial charge on any atom is -0.381 e. The first-order chi connectivity index (χ1) is 5.62. The van der Waals surface area contributed by atoms with Gasteiger partial charge in [0.15, 0.2) is 0 Å². The van der Waals surface area contributed by atoms with Crippen LogP contribution in [0.1, 0.15) is 26.7 Å². The summed E-state index contributed by atoms with van der Waals surface area (Å²) in [6.45, 7) is 5.01. The van der Waals surface area contributed by atoms with Crippen LogP contribution in [0.3, 0.4) is 0 Å². The van der Waals surface area contributed by atoms with Gasteiger partial charge in [-0.2, -0.15) is 0 Å². The molecule has 0 saturated heterocycles. The van der Waals surface area contributed by atoms with Crippen molar-refractivity contribution in [2.24, 2.45) is 5.73 Å². The van der Waals surface area contributed by atoms with E-state index in [9.17, 15) is 0 Å². The average Bonchev–Trinajstić information content (AvgIpc) is 1.95. The fourth-order valence-corrected chi connectivity index (χ4v) is 1.93. The highest BCUT2D eigenvalue weighted by Gasteiger charge is 2.43. The van der Waals surface area contributed by atoms with Gasteiger partial charge < -0.3 is 15.8 Å². The molecule has 3 N–H and O–H groups in total. The van der Waals surface area contributed by atoms with Gasteiger partial charge in [-0.15, -0.1) is 0 Å². The molecule has 0 aromatic carbocycles. The lowest BCUT2D eigenvalue weighted by molar-refractivity contribution is -0.0295. The predicted molar refractivity (Wildman–Crippen MR) is 50.1 cm³/mol. The zero-order chi connectivity index (χ0) is 9.19. The van der Waals surface area contributed by atoms with Crippen molar-refractivity contribution in [1.29, 1.82) is 0 Å². The van der Waals surface area contributed by atoms with Crippen LogP contribution in [0.25, 0.3) is 0 Å². The smallest absolute Gasteiger partial charge is 0.0607 e. The minimum absolute atomic E-state index is 0.162. The third-order valence-electron chi connectivity index (χ3n) is 2.56. The van der Waals surface area contributed by atoms with Crippen LogP contribution in [0.5, 0.6) is 0 Å². The summed E-state index contributed by atoms with van der Waals surface area (Å²) >= 11 is 0. The monoisotopic (exact) mass is 172 g/mol. The van der Waals surface area contributed by atoms with Crippen molar-refractivity contribution >= 4 is 0 Å². The third kappa shape index (κ3) is 1.97. The van der Waals surface area contributed by atoms with Gasteiger partial charge in [0.1, 0.15) is 0 Å². The van der Waals surface area contributed by atoms with Crippen molar-refractivity contribution in [3.8, 4) is 0 Å². The molecule has 0 bridgehead atoms. The van der Waals surface area contributed by atoms with Crippen LogP contribution < -0.4 is 11.1 Å². The van der Waals surface area contributed by atoms with Crippen LogP contribution in [0.15, 0.2) is 0 Å². The molecule has 1 aliphatic rings. The van der Waals surface area contributed by atoms with Gasteiger partial charge in [0.2, 0.25) is 0 Å². The van der Waals surface area contributed by atoms with E-state index in [0.29, 0.717) is 18.7 Å². The van der Waals surface area contributed by atoms with E-state index in [1.165, 1.54) is 0 Å². The van der Waals surface area contributed by atoms with E-state index in [0.717, 1.165) is 12.8 Å². The number of nitrogens with one attached hydrogen (secondary N) is 1. The molecule has 0 atom stereocenters. The van der Waals surface area contributed by atoms with E-state index in [2.05, 4.69) is 19.2 Å². The summed E-state index contributed by atoms with van der Waals surface area (Å²) < 4.78 is 5.23. The maximum Gasteiger partial charge on any atom is 0.0607 e. The van der Waals surface area contributed by atoms with Gasteiger partial charge in [-0.25, -0.2) is 0 Å². The summed E-state index contributed by atoms with van der Waals surface area (Å²) in [4.78, 5) is 0. The van der Waals surface area contributed by atoms with Crippen molar-refractivity contribution < 1.29 is 4.74 Å². The highest BCUT2D eigenvalue weighted by atomic mass is 16.5. The number of hydrogen-bond donors (Lipinski definition) is 2. The van der Waals surface area contributed by atoms with Gasteiger partial charge in [-0.1, -0.05) is 13.8 Å². The Morgan fingerprint density at radius 2 is 2.17 bits per heavy atom. The molecule has 0 unspecified atom stereocenters. The molecule has 0 spiro atoms. The molecule has 1 rings (SSSR count). The Balaban J connectivity index is 2.36. The molecule has 72 valence electrons. The molecule has 12 heavy (non-hydrogen) atoms. The molecule has 0 radical (unpaired) electrons. The Labute approximate surface area is 74.7 Å². The quantitative estimate of drug-likeness (QED) is 0.649. The Morgan fingerprint density at radius 1 is 1.58 bits per heavy atom. The first-order valence-electron chi connectivity index (χ1n) is 4.62. The number of nitrogens with two attached hydrogens (primary N) is 1. The van der Waals surface area contributed by atoms with Crippen molar-refractivity contribution in [2.75, 3.05) is 13.7 Å². The molecule has 0 aromatic rings. The molecule has 1 fully saturated rings. The lowest BCUT2D eigenvalue weighted by Crippen LogP contribution is -2.63. The highest BCUT2D eigenvalue weighted by Crippen LogP contribution is 2.33. The fraction of sp³-hybridized carbons (Fsp3) is 1.00. The van der Waals surface area contributed by atoms with E-state index in [4.69, 9.17) is 10.5 Å². The molecule has 3 nitrogen and oxygen atoms in total. The van der Waals surface area contributed by atoms with Crippen molar-refractivity contribution in [3.63, 3.8) is 0 Å². The van der Waals surface area contributed by atoms with Gasteiger partial charge in [0.25, 0.3) is 0 Å². The first kappa shape index (κ1) is 9.96. The third-order valence-corrected chi connectivity index (χ3v) is 2.56. The van der Waals surface area contributed by atoms with E-state index in [-0.39, 0.29) is 5.54 Å². The minimum atomic E-state index is 0.162. The Bertz CT molecular complexity index is 141. The topological polar surface area (TPSA) is 47.3 Å². The molecule has 0 amide bonds. The summed E-state index contributed by atoms with van der Waals surface area (Å²) in [5.74, 6) is 0. The van der Waals surface area contributed by atoms with Gasteiger partial charge in [-0.3, -0.25) is 0 Å². The fourth-order valence-electron chi connectivity index (χ4n) is 1.93. The van der Waals surface area contributed by atoms with E-state index in [1.807, 2.05) is 0 Å². The molecule has 0 heterocycles. The van der Waals surface area contributed by atoms with Gasteiger partial charge in [0, 0.05) is 25.2 Å². The second-order valence-corrected chi connectivity index (χ2v) is 4.05. The summed E-state index contributed by atoms with van der Waals surface area (Å²) in [7, 11) is 1.76. The van der Waals surface area contributed by atoms with Crippen LogP contribution in [-0.2, 0) is 4.74 Å². The van der Waals surface area contributed by atoms with Crippen molar-refractivity contribution in [2.45, 2.75) is 44.4 Å². The van der Waals surface area contributed by atoms with Crippen LogP contribution in [0.4, 0.5) is 0 Å². The molecule has 1 saturated carbocycles. The second-order valence-electron chi connectivity index (χ2n) is 4.05. The van der Waals surface area contributed by atoms with Crippen LogP contribution in [0.2, 0.25) is 0 Å². The summed E-state index contributed by atoms with van der Waals surface area (Å²) in [5, 5.41) is 3.50. The lowest BCUT2D eigenvalue weighted by atomic mass is 9.74. The number of ether oxygens (including phenoxy) is 1. The average molecular weight is 172 g/mol. The first-order valence-corrected chi connectivity index (χ1v) is 4.62. The summed E-state index contributed by atoms with van der Waals surface area (Å²) in [6.07, 6.45) is 2.52. The second kappa shape index (κ2) is 3.73. The summed E-state index contributed by atoms with van der Waals surface area (Å²) in [6, 6.07) is 0.506. The molecule has 3 heteroatoms. The Hall–Kier alpha value is -0.120. The van der Waals surface area contributed by atoms with E-state index in [1.54, 1.807) is 7.11 Å². The summed E-state index contributed by atoms with van der Waals surface area (Å²) in [5.41, 5.74) is 5.88. The van der Waals surface area contributed by atoms with Gasteiger partial charge in [0.05, 0.1) is 6.10 Å². The molecule has 0 aromatic heterocycles. The number of methoxy groups -OCH3 is 1. The van der Waals surface area contributed by atoms with Crippen molar-refractivity contribution in [3.05, 3.63) is 0 Å². The predicted octanol–water partition coefficient (Wildman–Crippen LogP) is 0.491. The van der Waals surface area contributed by atoms with E-state index >= 15 is 0 Å². The maximum atomic E-state index is 5.72. The zero-order valence-electron chi connectivity index (χ0n) is 8.26.